The average Bonchev–Trinajstić information content (AvgIpc) is 3.22. The maximum atomic E-state index is 14.7. The van der Waals surface area contributed by atoms with Crippen LogP contribution < -0.4 is 5.73 Å². The molecule has 1 fully saturated rings. The first-order valence-corrected chi connectivity index (χ1v) is 11.1. The summed E-state index contributed by atoms with van der Waals surface area (Å²) in [6.45, 7) is 0. The molecule has 3 aromatic heterocycles. The van der Waals surface area contributed by atoms with Crippen molar-refractivity contribution >= 4 is 11.2 Å². The molecule has 33 heavy (non-hydrogen) atoms. The highest BCUT2D eigenvalue weighted by Gasteiger charge is 2.34. The molecule has 5 aromatic rings. The van der Waals surface area contributed by atoms with E-state index in [2.05, 4.69) is 17.1 Å². The normalized spacial score (nSPS) is 14.8. The van der Waals surface area contributed by atoms with Gasteiger partial charge in [0.1, 0.15) is 5.52 Å². The number of imidazole rings is 1. The number of rotatable bonds is 4. The Labute approximate surface area is 190 Å². The molecule has 162 valence electrons. The van der Waals surface area contributed by atoms with Gasteiger partial charge in [0, 0.05) is 23.0 Å². The molecule has 3 heterocycles. The van der Waals surface area contributed by atoms with E-state index < -0.39 is 5.95 Å². The first-order valence-electron chi connectivity index (χ1n) is 11.1. The van der Waals surface area contributed by atoms with E-state index in [0.29, 0.717) is 22.6 Å². The lowest BCUT2D eigenvalue weighted by atomic mass is 9.73. The molecule has 0 aliphatic heterocycles. The number of hydrogen-bond donors (Lipinski definition) is 1. The predicted octanol–water partition coefficient (Wildman–Crippen LogP) is 5.63. The van der Waals surface area contributed by atoms with Gasteiger partial charge in [-0.1, -0.05) is 42.5 Å². The van der Waals surface area contributed by atoms with Crippen molar-refractivity contribution in [3.63, 3.8) is 0 Å². The Morgan fingerprint density at radius 2 is 1.64 bits per heavy atom. The third kappa shape index (κ3) is 3.31. The monoisotopic (exact) mass is 435 g/mol. The van der Waals surface area contributed by atoms with E-state index in [-0.39, 0.29) is 5.54 Å². The number of pyridine rings is 2. The molecular weight excluding hydrogens is 413 g/mol. The maximum absolute atomic E-state index is 14.7. The lowest BCUT2D eigenvalue weighted by Gasteiger charge is -2.38. The van der Waals surface area contributed by atoms with Gasteiger partial charge in [-0.2, -0.15) is 4.39 Å². The highest BCUT2D eigenvalue weighted by molar-refractivity contribution is 5.82. The quantitative estimate of drug-likeness (QED) is 0.372. The highest BCUT2D eigenvalue weighted by Crippen LogP contribution is 2.39. The molecule has 5 nitrogen and oxygen atoms in total. The van der Waals surface area contributed by atoms with E-state index in [1.807, 2.05) is 59.2 Å². The molecule has 0 spiro atoms. The van der Waals surface area contributed by atoms with Gasteiger partial charge >= 0.3 is 0 Å². The molecule has 1 saturated carbocycles. The van der Waals surface area contributed by atoms with Crippen LogP contribution in [-0.4, -0.2) is 19.5 Å². The lowest BCUT2D eigenvalue weighted by Crippen LogP contribution is -2.43. The summed E-state index contributed by atoms with van der Waals surface area (Å²) in [4.78, 5) is 13.5. The second kappa shape index (κ2) is 7.60. The topological polar surface area (TPSA) is 69.6 Å². The summed E-state index contributed by atoms with van der Waals surface area (Å²) in [6.07, 6.45) is 4.58. The predicted molar refractivity (Wildman–Crippen MR) is 127 cm³/mol. The summed E-state index contributed by atoms with van der Waals surface area (Å²) >= 11 is 0. The van der Waals surface area contributed by atoms with Crippen LogP contribution in [0, 0.1) is 5.95 Å². The zero-order valence-corrected chi connectivity index (χ0v) is 17.9. The maximum Gasteiger partial charge on any atom is 0.223 e. The van der Waals surface area contributed by atoms with Crippen molar-refractivity contribution in [2.24, 2.45) is 5.73 Å². The minimum Gasteiger partial charge on any atom is -0.321 e. The summed E-state index contributed by atoms with van der Waals surface area (Å²) in [6, 6.07) is 25.4. The smallest absolute Gasteiger partial charge is 0.223 e. The largest absolute Gasteiger partial charge is 0.321 e. The summed E-state index contributed by atoms with van der Waals surface area (Å²) in [5.41, 5.74) is 11.8. The molecule has 0 radical (unpaired) electrons. The Morgan fingerprint density at radius 3 is 2.33 bits per heavy atom. The molecule has 0 amide bonds. The second-order valence-electron chi connectivity index (χ2n) is 8.57. The number of nitrogens with two attached hydrogens (primary N) is 1. The van der Waals surface area contributed by atoms with Gasteiger partial charge in [0.25, 0.3) is 0 Å². The van der Waals surface area contributed by atoms with Crippen LogP contribution in [0.1, 0.15) is 24.8 Å². The van der Waals surface area contributed by atoms with Crippen molar-refractivity contribution in [3.05, 3.63) is 96.6 Å². The third-order valence-electron chi connectivity index (χ3n) is 6.52. The van der Waals surface area contributed by atoms with Crippen molar-refractivity contribution in [1.29, 1.82) is 0 Å². The van der Waals surface area contributed by atoms with Crippen molar-refractivity contribution in [3.8, 4) is 28.3 Å². The van der Waals surface area contributed by atoms with Crippen LogP contribution in [0.25, 0.3) is 39.5 Å². The number of benzene rings is 2. The van der Waals surface area contributed by atoms with Gasteiger partial charge in [-0.05, 0) is 61.2 Å². The van der Waals surface area contributed by atoms with Crippen LogP contribution in [0.5, 0.6) is 0 Å². The van der Waals surface area contributed by atoms with Gasteiger partial charge in [0.15, 0.2) is 11.5 Å². The van der Waals surface area contributed by atoms with Gasteiger partial charge in [-0.25, -0.2) is 15.0 Å². The Bertz CT molecular complexity index is 1450. The van der Waals surface area contributed by atoms with E-state index in [4.69, 9.17) is 15.7 Å². The van der Waals surface area contributed by atoms with Gasteiger partial charge in [-0.3, -0.25) is 4.57 Å². The Kier molecular flexibility index (Phi) is 4.55. The number of hydrogen-bond acceptors (Lipinski definition) is 4. The molecule has 0 saturated heterocycles. The van der Waals surface area contributed by atoms with Crippen molar-refractivity contribution in [1.82, 2.24) is 19.5 Å². The minimum absolute atomic E-state index is 0.243. The molecule has 6 heteroatoms. The fraction of sp³-hybridized carbons (Fsp3) is 0.148. The first kappa shape index (κ1) is 19.8. The number of fused-ring (bicyclic) bond motifs is 1. The Hall–Kier alpha value is -3.90. The Balaban J connectivity index is 1.57. The average molecular weight is 436 g/mol. The molecular formula is C27H22FN5. The van der Waals surface area contributed by atoms with Gasteiger partial charge in [0.2, 0.25) is 5.95 Å². The van der Waals surface area contributed by atoms with Gasteiger partial charge < -0.3 is 5.73 Å². The number of nitrogens with zero attached hydrogens (tertiary/aromatic N) is 4. The zero-order valence-electron chi connectivity index (χ0n) is 17.9. The molecule has 0 atom stereocenters. The fourth-order valence-electron chi connectivity index (χ4n) is 4.49. The van der Waals surface area contributed by atoms with Crippen LogP contribution in [0.4, 0.5) is 4.39 Å². The van der Waals surface area contributed by atoms with Crippen molar-refractivity contribution in [2.45, 2.75) is 24.8 Å². The highest BCUT2D eigenvalue weighted by atomic mass is 19.1. The van der Waals surface area contributed by atoms with E-state index in [9.17, 15) is 4.39 Å². The van der Waals surface area contributed by atoms with E-state index in [0.717, 1.165) is 41.8 Å². The molecule has 1 aliphatic carbocycles. The van der Waals surface area contributed by atoms with Crippen molar-refractivity contribution < 1.29 is 4.39 Å². The molecule has 2 aromatic carbocycles. The lowest BCUT2D eigenvalue weighted by molar-refractivity contribution is 0.253. The van der Waals surface area contributed by atoms with E-state index in [1.54, 1.807) is 12.1 Å². The van der Waals surface area contributed by atoms with E-state index in [1.165, 1.54) is 6.20 Å². The summed E-state index contributed by atoms with van der Waals surface area (Å²) < 4.78 is 16.6. The summed E-state index contributed by atoms with van der Waals surface area (Å²) in [5.74, 6) is -0.100. The molecule has 6 rings (SSSR count). The molecule has 1 aliphatic rings. The number of aromatic nitrogens is 4. The first-order chi connectivity index (χ1) is 16.1. The van der Waals surface area contributed by atoms with Gasteiger partial charge in [-0.15, -0.1) is 0 Å². The summed E-state index contributed by atoms with van der Waals surface area (Å²) in [5, 5.41) is 0. The molecule has 2 N–H and O–H groups in total. The number of halogens is 1. The minimum atomic E-state index is -0.565. The van der Waals surface area contributed by atoms with Crippen LogP contribution in [-0.2, 0) is 5.54 Å². The van der Waals surface area contributed by atoms with Crippen LogP contribution in [0.3, 0.4) is 0 Å². The second-order valence-corrected chi connectivity index (χ2v) is 8.57. The van der Waals surface area contributed by atoms with E-state index >= 15 is 0 Å². The van der Waals surface area contributed by atoms with Crippen LogP contribution >= 0.6 is 0 Å². The molecule has 0 unspecified atom stereocenters. The van der Waals surface area contributed by atoms with Crippen LogP contribution in [0.2, 0.25) is 0 Å². The Morgan fingerprint density at radius 1 is 0.848 bits per heavy atom. The van der Waals surface area contributed by atoms with Crippen molar-refractivity contribution in [2.75, 3.05) is 0 Å². The fourth-order valence-corrected chi connectivity index (χ4v) is 4.49. The summed E-state index contributed by atoms with van der Waals surface area (Å²) in [7, 11) is 0. The SMILES string of the molecule is NC1(c2ccc(-n3c(-c4cccnc4F)nc4ccc(-c5ccccc5)nc43)cc2)CCC1. The molecule has 0 bridgehead atoms. The van der Waals surface area contributed by atoms with Gasteiger partial charge in [0.05, 0.1) is 11.3 Å². The zero-order chi connectivity index (χ0) is 22.4. The third-order valence-corrected chi connectivity index (χ3v) is 6.52. The standard InChI is InChI=1S/C27H22FN5/c28-24-21(8-4-17-30-24)25-32-23-14-13-22(18-6-2-1-3-7-18)31-26(23)33(25)20-11-9-19(10-12-20)27(29)15-5-16-27/h1-4,6-14,17H,5,15-16,29H2. The van der Waals surface area contributed by atoms with Crippen LogP contribution in [0.15, 0.2) is 85.1 Å².